The van der Waals surface area contributed by atoms with E-state index < -0.39 is 0 Å². The highest BCUT2D eigenvalue weighted by Gasteiger charge is 2.39. The van der Waals surface area contributed by atoms with E-state index in [0.717, 1.165) is 12.2 Å². The molecule has 112 valence electrons. The molecular formula is C14H18N4O3. The predicted molar refractivity (Wildman–Crippen MR) is 73.8 cm³/mol. The molecule has 1 unspecified atom stereocenters. The Labute approximate surface area is 122 Å². The number of nitrogens with zero attached hydrogens (tertiary/aromatic N) is 3. The minimum Gasteiger partial charge on any atom is -0.380 e. The highest BCUT2D eigenvalue weighted by atomic mass is 16.5. The van der Waals surface area contributed by atoms with Crippen LogP contribution in [0.1, 0.15) is 40.1 Å². The van der Waals surface area contributed by atoms with Gasteiger partial charge in [-0.1, -0.05) is 5.16 Å². The molecule has 1 aliphatic heterocycles. The van der Waals surface area contributed by atoms with Crippen LogP contribution < -0.4 is 0 Å². The average molecular weight is 290 g/mol. The van der Waals surface area contributed by atoms with Crippen LogP contribution in [-0.2, 0) is 4.74 Å². The first kappa shape index (κ1) is 13.8. The molecule has 2 aromatic heterocycles. The fourth-order valence-corrected chi connectivity index (χ4v) is 2.84. The number of aryl methyl sites for hydroxylation is 2. The van der Waals surface area contributed by atoms with Gasteiger partial charge in [-0.15, -0.1) is 0 Å². The van der Waals surface area contributed by atoms with E-state index in [2.05, 4.69) is 15.1 Å². The zero-order valence-electron chi connectivity index (χ0n) is 12.3. The van der Waals surface area contributed by atoms with Crippen molar-refractivity contribution in [2.75, 3.05) is 13.7 Å². The fourth-order valence-electron chi connectivity index (χ4n) is 2.84. The van der Waals surface area contributed by atoms with Crippen molar-refractivity contribution in [2.45, 2.75) is 32.4 Å². The number of aromatic nitrogens is 3. The molecule has 2 aromatic rings. The molecule has 7 heteroatoms. The van der Waals surface area contributed by atoms with Crippen LogP contribution in [0.2, 0.25) is 0 Å². The van der Waals surface area contributed by atoms with Crippen molar-refractivity contribution >= 4 is 5.91 Å². The molecule has 0 saturated carbocycles. The number of imidazole rings is 1. The molecule has 1 N–H and O–H groups in total. The lowest BCUT2D eigenvalue weighted by atomic mass is 10.1. The summed E-state index contributed by atoms with van der Waals surface area (Å²) in [5.74, 6) is 1.22. The molecule has 1 fully saturated rings. The first-order chi connectivity index (χ1) is 10.1. The summed E-state index contributed by atoms with van der Waals surface area (Å²) < 4.78 is 10.5. The summed E-state index contributed by atoms with van der Waals surface area (Å²) in [4.78, 5) is 22.0. The van der Waals surface area contributed by atoms with E-state index in [1.807, 2.05) is 0 Å². The molecule has 0 aliphatic carbocycles. The summed E-state index contributed by atoms with van der Waals surface area (Å²) >= 11 is 0. The van der Waals surface area contributed by atoms with E-state index in [4.69, 9.17) is 9.26 Å². The van der Waals surface area contributed by atoms with Crippen LogP contribution in [0.25, 0.3) is 0 Å². The van der Waals surface area contributed by atoms with E-state index in [1.165, 1.54) is 0 Å². The lowest BCUT2D eigenvalue weighted by Gasteiger charge is -2.22. The largest absolute Gasteiger partial charge is 0.380 e. The van der Waals surface area contributed by atoms with Gasteiger partial charge in [0.2, 0.25) is 0 Å². The third-order valence-corrected chi connectivity index (χ3v) is 3.94. The summed E-state index contributed by atoms with van der Waals surface area (Å²) in [6.45, 7) is 4.05. The quantitative estimate of drug-likeness (QED) is 0.928. The predicted octanol–water partition coefficient (Wildman–Crippen LogP) is 1.62. The van der Waals surface area contributed by atoms with Gasteiger partial charge in [-0.3, -0.25) is 4.79 Å². The lowest BCUT2D eigenvalue weighted by molar-refractivity contribution is 0.0682. The second-order valence-electron chi connectivity index (χ2n) is 5.24. The maximum absolute atomic E-state index is 12.8. The average Bonchev–Trinajstić information content (AvgIpc) is 3.17. The molecule has 1 saturated heterocycles. The SMILES string of the molecule is CO[C@@H]1CC(c2ncc[nH]2)N(C(=O)c2c(C)noc2C)C1. The Bertz CT molecular complexity index is 615. The molecule has 1 aliphatic rings. The maximum Gasteiger partial charge on any atom is 0.260 e. The van der Waals surface area contributed by atoms with Crippen LogP contribution in [0.4, 0.5) is 0 Å². The molecule has 0 bridgehead atoms. The third-order valence-electron chi connectivity index (χ3n) is 3.94. The summed E-state index contributed by atoms with van der Waals surface area (Å²) in [6, 6.07) is -0.119. The van der Waals surface area contributed by atoms with Crippen LogP contribution in [0, 0.1) is 13.8 Å². The van der Waals surface area contributed by atoms with Gasteiger partial charge in [0.15, 0.2) is 0 Å². The Morgan fingerprint density at radius 2 is 2.33 bits per heavy atom. The molecule has 1 amide bonds. The van der Waals surface area contributed by atoms with Crippen molar-refractivity contribution in [3.8, 4) is 0 Å². The van der Waals surface area contributed by atoms with Crippen LogP contribution in [-0.4, -0.2) is 45.7 Å². The van der Waals surface area contributed by atoms with Gasteiger partial charge in [0, 0.05) is 32.5 Å². The van der Waals surface area contributed by atoms with Gasteiger partial charge in [-0.25, -0.2) is 4.98 Å². The molecule has 0 radical (unpaired) electrons. The smallest absolute Gasteiger partial charge is 0.260 e. The number of hydrogen-bond acceptors (Lipinski definition) is 5. The Morgan fingerprint density at radius 3 is 2.90 bits per heavy atom. The molecule has 3 heterocycles. The first-order valence-electron chi connectivity index (χ1n) is 6.87. The lowest BCUT2D eigenvalue weighted by Crippen LogP contribution is -2.33. The van der Waals surface area contributed by atoms with Crippen molar-refractivity contribution in [1.82, 2.24) is 20.0 Å². The van der Waals surface area contributed by atoms with Crippen LogP contribution in [0.5, 0.6) is 0 Å². The van der Waals surface area contributed by atoms with E-state index in [0.29, 0.717) is 23.6 Å². The van der Waals surface area contributed by atoms with Crippen molar-refractivity contribution in [3.63, 3.8) is 0 Å². The summed E-state index contributed by atoms with van der Waals surface area (Å²) in [7, 11) is 1.66. The Hall–Kier alpha value is -2.15. The number of likely N-dealkylation sites (tertiary alicyclic amines) is 1. The Kier molecular flexibility index (Phi) is 3.50. The number of nitrogens with one attached hydrogen (secondary N) is 1. The number of amides is 1. The van der Waals surface area contributed by atoms with Gasteiger partial charge < -0.3 is 19.1 Å². The second-order valence-corrected chi connectivity index (χ2v) is 5.24. The topological polar surface area (TPSA) is 84.2 Å². The summed E-state index contributed by atoms with van der Waals surface area (Å²) in [5.41, 5.74) is 1.14. The highest BCUT2D eigenvalue weighted by Crippen LogP contribution is 2.33. The zero-order valence-corrected chi connectivity index (χ0v) is 12.3. The molecule has 3 rings (SSSR count). The number of rotatable bonds is 3. The van der Waals surface area contributed by atoms with E-state index >= 15 is 0 Å². The molecule has 0 aromatic carbocycles. The van der Waals surface area contributed by atoms with Gasteiger partial charge in [-0.05, 0) is 13.8 Å². The van der Waals surface area contributed by atoms with Gasteiger partial charge >= 0.3 is 0 Å². The minimum absolute atomic E-state index is 0.00419. The summed E-state index contributed by atoms with van der Waals surface area (Å²) in [6.07, 6.45) is 4.17. The number of H-pyrrole nitrogens is 1. The molecule has 2 atom stereocenters. The summed E-state index contributed by atoms with van der Waals surface area (Å²) in [5, 5.41) is 3.86. The minimum atomic E-state index is -0.119. The van der Waals surface area contributed by atoms with Crippen molar-refractivity contribution in [1.29, 1.82) is 0 Å². The van der Waals surface area contributed by atoms with Gasteiger partial charge in [-0.2, -0.15) is 0 Å². The number of carbonyl (C=O) groups excluding carboxylic acids is 1. The Morgan fingerprint density at radius 1 is 1.52 bits per heavy atom. The van der Waals surface area contributed by atoms with Crippen LogP contribution in [0.15, 0.2) is 16.9 Å². The van der Waals surface area contributed by atoms with Gasteiger partial charge in [0.05, 0.1) is 17.8 Å². The standard InChI is InChI=1S/C14H18N4O3/c1-8-12(9(2)21-17-8)14(19)18-7-10(20-3)6-11(18)13-15-4-5-16-13/h4-5,10-11H,6-7H2,1-3H3,(H,15,16)/t10-,11?/m1/s1. The van der Waals surface area contributed by atoms with E-state index in [9.17, 15) is 4.79 Å². The van der Waals surface area contributed by atoms with Gasteiger partial charge in [0.25, 0.3) is 5.91 Å². The molecule has 21 heavy (non-hydrogen) atoms. The third kappa shape index (κ3) is 2.33. The van der Waals surface area contributed by atoms with E-state index in [1.54, 1.807) is 38.3 Å². The normalized spacial score (nSPS) is 22.0. The number of hydrogen-bond donors (Lipinski definition) is 1. The number of carbonyl (C=O) groups is 1. The monoisotopic (exact) mass is 290 g/mol. The number of aromatic amines is 1. The molecular weight excluding hydrogens is 272 g/mol. The van der Waals surface area contributed by atoms with Crippen molar-refractivity contribution in [3.05, 3.63) is 35.2 Å². The maximum atomic E-state index is 12.8. The molecule has 0 spiro atoms. The first-order valence-corrected chi connectivity index (χ1v) is 6.87. The Balaban J connectivity index is 1.93. The fraction of sp³-hybridized carbons (Fsp3) is 0.500. The second kappa shape index (κ2) is 5.33. The zero-order chi connectivity index (χ0) is 15.0. The molecule has 7 nitrogen and oxygen atoms in total. The van der Waals surface area contributed by atoms with E-state index in [-0.39, 0.29) is 18.1 Å². The van der Waals surface area contributed by atoms with Gasteiger partial charge in [0.1, 0.15) is 17.1 Å². The van der Waals surface area contributed by atoms with Crippen LogP contribution >= 0.6 is 0 Å². The van der Waals surface area contributed by atoms with Crippen molar-refractivity contribution < 1.29 is 14.1 Å². The van der Waals surface area contributed by atoms with Crippen LogP contribution in [0.3, 0.4) is 0 Å². The number of methoxy groups -OCH3 is 1. The highest BCUT2D eigenvalue weighted by molar-refractivity contribution is 5.96. The van der Waals surface area contributed by atoms with Crippen molar-refractivity contribution in [2.24, 2.45) is 0 Å². The number of ether oxygens (including phenoxy) is 1.